The molecule has 0 saturated carbocycles. The molecule has 1 unspecified atom stereocenters. The van der Waals surface area contributed by atoms with Gasteiger partial charge in [-0.3, -0.25) is 0 Å². The van der Waals surface area contributed by atoms with E-state index in [0.29, 0.717) is 6.61 Å². The first-order chi connectivity index (χ1) is 13.8. The Kier molecular flexibility index (Phi) is 17.8. The van der Waals surface area contributed by atoms with Crippen LogP contribution in [-0.2, 0) is 14.0 Å². The summed E-state index contributed by atoms with van der Waals surface area (Å²) in [4.78, 5) is 10.6. The van der Waals surface area contributed by atoms with E-state index in [9.17, 15) is 4.79 Å². The summed E-state index contributed by atoms with van der Waals surface area (Å²) in [6, 6.07) is 0. The van der Waals surface area contributed by atoms with Gasteiger partial charge in [0.25, 0.3) is 5.95 Å². The van der Waals surface area contributed by atoms with Gasteiger partial charge in [0.2, 0.25) is 8.32 Å². The summed E-state index contributed by atoms with van der Waals surface area (Å²) in [5.74, 6) is 6.54. The normalized spacial score (nSPS) is 12.7. The van der Waals surface area contributed by atoms with E-state index in [2.05, 4.69) is 56.0 Å². The molecule has 0 aromatic heterocycles. The number of rotatable bonds is 14. The van der Waals surface area contributed by atoms with Crippen LogP contribution in [-0.4, -0.2) is 39.3 Å². The Labute approximate surface area is 191 Å². The molecule has 0 fully saturated rings. The van der Waals surface area contributed by atoms with Crippen LogP contribution in [0.15, 0.2) is 23.7 Å². The molecule has 4 nitrogen and oxygen atoms in total. The molecule has 178 valence electrons. The standard InChI is InChI=1S/C17H34O2Si.C7H16GeO2/c1-7-8-9-10-11-12-13-14-15-18-17(16(2)3)19-20(4,5)6;1-5-6(7(9)10)8(2,3)4/h13-14H,7-12,15H2,1-6H3;6H,5H2,1-4H3,(H,9,10)/b14-13+;. The summed E-state index contributed by atoms with van der Waals surface area (Å²) >= 11 is -1.92. The second-order valence-corrected chi connectivity index (χ2v) is 26.0. The molecule has 0 amide bonds. The maximum absolute atomic E-state index is 10.6. The molecule has 1 N–H and O–H groups in total. The number of unbranched alkanes of at least 4 members (excludes halogenated alkanes) is 5. The molecule has 6 heteroatoms. The molecule has 0 bridgehead atoms. The second-order valence-electron chi connectivity index (χ2n) is 10.2. The van der Waals surface area contributed by atoms with Crippen molar-refractivity contribution in [2.75, 3.05) is 6.61 Å². The van der Waals surface area contributed by atoms with Crippen molar-refractivity contribution in [2.24, 2.45) is 0 Å². The predicted molar refractivity (Wildman–Crippen MR) is 136 cm³/mol. The molecule has 1 atom stereocenters. The topological polar surface area (TPSA) is 55.8 Å². The number of hydrogen-bond acceptors (Lipinski definition) is 3. The van der Waals surface area contributed by atoms with Gasteiger partial charge in [-0.15, -0.1) is 0 Å². The monoisotopic (exact) mass is 504 g/mol. The van der Waals surface area contributed by atoms with Gasteiger partial charge in [0.1, 0.15) is 6.61 Å². The average Bonchev–Trinajstić information content (AvgIpc) is 2.57. The van der Waals surface area contributed by atoms with Gasteiger partial charge in [-0.25, -0.2) is 0 Å². The summed E-state index contributed by atoms with van der Waals surface area (Å²) in [6.07, 6.45) is 13.0. The maximum atomic E-state index is 10.6. The van der Waals surface area contributed by atoms with Crippen molar-refractivity contribution < 1.29 is 19.1 Å². The van der Waals surface area contributed by atoms with E-state index in [0.717, 1.165) is 24.4 Å². The van der Waals surface area contributed by atoms with E-state index in [1.54, 1.807) is 0 Å². The van der Waals surface area contributed by atoms with Gasteiger partial charge >= 0.3 is 64.5 Å². The zero-order valence-electron chi connectivity index (χ0n) is 21.6. The van der Waals surface area contributed by atoms with Crippen molar-refractivity contribution in [1.29, 1.82) is 0 Å². The fourth-order valence-corrected chi connectivity index (χ4v) is 7.83. The van der Waals surface area contributed by atoms with Gasteiger partial charge in [-0.1, -0.05) is 44.8 Å². The van der Waals surface area contributed by atoms with E-state index < -0.39 is 27.6 Å². The molecule has 0 heterocycles. The molecule has 0 aromatic rings. The molecule has 0 radical (unpaired) electrons. The predicted octanol–water partition coefficient (Wildman–Crippen LogP) is 8.21. The molecule has 0 aromatic carbocycles. The quantitative estimate of drug-likeness (QED) is 0.112. The van der Waals surface area contributed by atoms with Crippen LogP contribution < -0.4 is 0 Å². The fourth-order valence-electron chi connectivity index (χ4n) is 2.89. The minimum absolute atomic E-state index is 0.0278. The van der Waals surface area contributed by atoms with Crippen molar-refractivity contribution >= 4 is 27.6 Å². The third kappa shape index (κ3) is 19.3. The molecule has 0 aliphatic heterocycles. The third-order valence-corrected chi connectivity index (χ3v) is 11.1. The summed E-state index contributed by atoms with van der Waals surface area (Å²) < 4.78 is 11.6. The summed E-state index contributed by atoms with van der Waals surface area (Å²) in [6.45, 7) is 15.4. The third-order valence-electron chi connectivity index (χ3n) is 4.51. The molecule has 0 spiro atoms. The fraction of sp³-hybridized carbons (Fsp3) is 0.792. The summed E-state index contributed by atoms with van der Waals surface area (Å²) in [5.41, 5.74) is 1.11. The molecular weight excluding hydrogens is 453 g/mol. The van der Waals surface area contributed by atoms with Gasteiger partial charge < -0.3 is 9.16 Å². The van der Waals surface area contributed by atoms with Gasteiger partial charge in [-0.2, -0.15) is 0 Å². The first-order valence-electron chi connectivity index (χ1n) is 11.6. The number of aliphatic carboxylic acids is 1. The zero-order valence-corrected chi connectivity index (χ0v) is 24.7. The van der Waals surface area contributed by atoms with Crippen LogP contribution >= 0.6 is 0 Å². The van der Waals surface area contributed by atoms with Crippen molar-refractivity contribution in [1.82, 2.24) is 0 Å². The Hall–Kier alpha value is -0.690. The van der Waals surface area contributed by atoms with Gasteiger partial charge in [0, 0.05) is 5.57 Å². The summed E-state index contributed by atoms with van der Waals surface area (Å²) in [5, 5.41) is 8.76. The Morgan fingerprint density at radius 3 is 1.93 bits per heavy atom. The van der Waals surface area contributed by atoms with E-state index in [-0.39, 0.29) is 4.75 Å². The van der Waals surface area contributed by atoms with Crippen LogP contribution in [0.25, 0.3) is 0 Å². The summed E-state index contributed by atoms with van der Waals surface area (Å²) in [7, 11) is -1.58. The van der Waals surface area contributed by atoms with Crippen LogP contribution in [0, 0.1) is 0 Å². The van der Waals surface area contributed by atoms with Crippen LogP contribution in [0.1, 0.15) is 72.6 Å². The number of carboxylic acid groups (broad SMARTS) is 1. The first-order valence-corrected chi connectivity index (χ1v) is 22.5. The molecule has 0 aliphatic rings. The Balaban J connectivity index is 0. The van der Waals surface area contributed by atoms with Crippen LogP contribution in [0.2, 0.25) is 41.7 Å². The first kappa shape index (κ1) is 31.5. The number of allylic oxidation sites excluding steroid dienone is 2. The van der Waals surface area contributed by atoms with Crippen LogP contribution in [0.4, 0.5) is 0 Å². The molecule has 0 rings (SSSR count). The van der Waals surface area contributed by atoms with Crippen LogP contribution in [0.5, 0.6) is 0 Å². The Morgan fingerprint density at radius 1 is 1.00 bits per heavy atom. The van der Waals surface area contributed by atoms with Crippen LogP contribution in [0.3, 0.4) is 0 Å². The van der Waals surface area contributed by atoms with Crippen molar-refractivity contribution in [3.8, 4) is 0 Å². The van der Waals surface area contributed by atoms with E-state index in [1.165, 1.54) is 32.1 Å². The zero-order chi connectivity index (χ0) is 23.8. The average molecular weight is 503 g/mol. The van der Waals surface area contributed by atoms with Crippen molar-refractivity contribution in [2.45, 2.75) is 114 Å². The Bertz CT molecular complexity index is 512. The van der Waals surface area contributed by atoms with Gasteiger partial charge in [-0.05, 0) is 46.3 Å². The van der Waals surface area contributed by atoms with Crippen molar-refractivity contribution in [3.05, 3.63) is 23.7 Å². The van der Waals surface area contributed by atoms with Gasteiger partial charge in [0.15, 0.2) is 0 Å². The minimum atomic E-state index is -1.92. The van der Waals surface area contributed by atoms with E-state index in [1.807, 2.05) is 20.8 Å². The van der Waals surface area contributed by atoms with E-state index >= 15 is 0 Å². The number of carbonyl (C=O) groups is 1. The van der Waals surface area contributed by atoms with Gasteiger partial charge in [0.05, 0.1) is 0 Å². The Morgan fingerprint density at radius 2 is 1.57 bits per heavy atom. The molecule has 0 aliphatic carbocycles. The second kappa shape index (κ2) is 16.9. The molecular formula is C24H50GeO4Si. The number of carboxylic acids is 1. The number of ether oxygens (including phenoxy) is 1. The molecule has 30 heavy (non-hydrogen) atoms. The number of hydrogen-bond donors (Lipinski definition) is 1. The SMILES string of the molecule is CCCCCCC/C=C/COC(O[Si](C)(C)C)=C(C)C.CC[CH](C(=O)O)[Ge]([CH3])([CH3])[CH3]. The van der Waals surface area contributed by atoms with E-state index in [4.69, 9.17) is 14.3 Å². The molecule has 0 saturated heterocycles. The van der Waals surface area contributed by atoms with Crippen molar-refractivity contribution in [3.63, 3.8) is 0 Å².